The summed E-state index contributed by atoms with van der Waals surface area (Å²) in [6.45, 7) is 4.09. The van der Waals surface area contributed by atoms with Crippen LogP contribution in [-0.2, 0) is 4.74 Å². The highest BCUT2D eigenvalue weighted by molar-refractivity contribution is 5.88. The number of piperazine rings is 1. The number of amides is 2. The van der Waals surface area contributed by atoms with Gasteiger partial charge in [0.25, 0.3) is 6.43 Å². The van der Waals surface area contributed by atoms with E-state index in [2.05, 4.69) is 19.9 Å². The lowest BCUT2D eigenvalue weighted by molar-refractivity contribution is 0.122. The standard InChI is InChI=1S/C22H28F2N10O2/c1-30(2)22(35)33-8-6-31(7-9-33)19-27-20(32-10-12-36-13-11-32)29-21(28-19)34-15-5-3-4-14(25)16(15)26-18(34)17(23)24/h3-5,17H,6-13,25H2,1-2H3. The number of hydrogen-bond acceptors (Lipinski definition) is 9. The summed E-state index contributed by atoms with van der Waals surface area (Å²) in [7, 11) is 3.43. The topological polar surface area (TPSA) is 122 Å². The van der Waals surface area contributed by atoms with E-state index < -0.39 is 12.2 Å². The summed E-state index contributed by atoms with van der Waals surface area (Å²) in [6, 6.07) is 4.89. The molecular weight excluding hydrogens is 474 g/mol. The predicted octanol–water partition coefficient (Wildman–Crippen LogP) is 1.37. The van der Waals surface area contributed by atoms with Crippen LogP contribution >= 0.6 is 0 Å². The maximum atomic E-state index is 14.1. The molecule has 2 saturated heterocycles. The smallest absolute Gasteiger partial charge is 0.319 e. The Labute approximate surface area is 206 Å². The van der Waals surface area contributed by atoms with Crippen molar-refractivity contribution in [1.82, 2.24) is 34.3 Å². The SMILES string of the molecule is CN(C)C(=O)N1CCN(c2nc(N3CCOCC3)nc(-n3c(C(F)F)nc4c(N)cccc43)n2)CC1. The van der Waals surface area contributed by atoms with E-state index >= 15 is 0 Å². The lowest BCUT2D eigenvalue weighted by Crippen LogP contribution is -2.52. The monoisotopic (exact) mass is 502 g/mol. The Balaban J connectivity index is 1.58. The maximum absolute atomic E-state index is 14.1. The summed E-state index contributed by atoms with van der Waals surface area (Å²) in [5.41, 5.74) is 6.97. The minimum atomic E-state index is -2.87. The first-order chi connectivity index (χ1) is 17.3. The van der Waals surface area contributed by atoms with Gasteiger partial charge in [0.1, 0.15) is 5.52 Å². The molecule has 0 bridgehead atoms. The van der Waals surface area contributed by atoms with Gasteiger partial charge in [-0.15, -0.1) is 0 Å². The van der Waals surface area contributed by atoms with Gasteiger partial charge in [0.15, 0.2) is 5.82 Å². The molecule has 0 saturated carbocycles. The lowest BCUT2D eigenvalue weighted by Gasteiger charge is -2.36. The number of aromatic nitrogens is 5. The second-order valence-corrected chi connectivity index (χ2v) is 8.81. The molecule has 12 nitrogen and oxygen atoms in total. The molecule has 2 fully saturated rings. The number of hydrogen-bond donors (Lipinski definition) is 1. The number of ether oxygens (including phenoxy) is 1. The third kappa shape index (κ3) is 4.43. The summed E-state index contributed by atoms with van der Waals surface area (Å²) < 4.78 is 34.9. The average molecular weight is 503 g/mol. The number of imidazole rings is 1. The molecule has 0 unspecified atom stereocenters. The number of anilines is 3. The number of alkyl halides is 2. The van der Waals surface area contributed by atoms with Crippen molar-refractivity contribution in [3.05, 3.63) is 24.0 Å². The molecule has 0 spiro atoms. The third-order valence-electron chi connectivity index (χ3n) is 6.25. The molecule has 4 heterocycles. The number of fused-ring (bicyclic) bond motifs is 1. The normalized spacial score (nSPS) is 16.8. The van der Waals surface area contributed by atoms with Crippen molar-refractivity contribution in [2.24, 2.45) is 0 Å². The van der Waals surface area contributed by atoms with E-state index in [1.807, 2.05) is 9.80 Å². The van der Waals surface area contributed by atoms with E-state index in [-0.39, 0.29) is 23.2 Å². The first-order valence-electron chi connectivity index (χ1n) is 11.7. The van der Waals surface area contributed by atoms with Gasteiger partial charge in [0, 0.05) is 53.4 Å². The summed E-state index contributed by atoms with van der Waals surface area (Å²) in [5.74, 6) is 0.270. The van der Waals surface area contributed by atoms with E-state index in [0.29, 0.717) is 69.9 Å². The van der Waals surface area contributed by atoms with Gasteiger partial charge in [-0.1, -0.05) is 6.07 Å². The second-order valence-electron chi connectivity index (χ2n) is 8.81. The molecular formula is C22H28F2N10O2. The fourth-order valence-electron chi connectivity index (χ4n) is 4.37. The van der Waals surface area contributed by atoms with Crippen molar-refractivity contribution < 1.29 is 18.3 Å². The number of carbonyl (C=O) groups is 1. The van der Waals surface area contributed by atoms with E-state index in [0.717, 1.165) is 0 Å². The third-order valence-corrected chi connectivity index (χ3v) is 6.25. The van der Waals surface area contributed by atoms with Crippen LogP contribution in [0.4, 0.5) is 31.2 Å². The second kappa shape index (κ2) is 9.68. The highest BCUT2D eigenvalue weighted by atomic mass is 19.3. The van der Waals surface area contributed by atoms with Crippen LogP contribution in [0.3, 0.4) is 0 Å². The van der Waals surface area contributed by atoms with E-state index in [1.165, 1.54) is 9.47 Å². The summed E-state index contributed by atoms with van der Waals surface area (Å²) in [5, 5.41) is 0. The quantitative estimate of drug-likeness (QED) is 0.527. The van der Waals surface area contributed by atoms with Gasteiger partial charge in [-0.2, -0.15) is 15.0 Å². The number of urea groups is 1. The number of benzene rings is 1. The van der Waals surface area contributed by atoms with E-state index in [4.69, 9.17) is 10.5 Å². The Kier molecular flexibility index (Phi) is 6.43. The van der Waals surface area contributed by atoms with Crippen LogP contribution in [0, 0.1) is 0 Å². The van der Waals surface area contributed by atoms with Crippen molar-refractivity contribution in [1.29, 1.82) is 0 Å². The highest BCUT2D eigenvalue weighted by Gasteiger charge is 2.28. The van der Waals surface area contributed by atoms with Crippen LogP contribution in [0.1, 0.15) is 12.2 Å². The van der Waals surface area contributed by atoms with Gasteiger partial charge in [0.05, 0.1) is 24.4 Å². The highest BCUT2D eigenvalue weighted by Crippen LogP contribution is 2.30. The predicted molar refractivity (Wildman–Crippen MR) is 130 cm³/mol. The van der Waals surface area contributed by atoms with Crippen LogP contribution in [0.5, 0.6) is 0 Å². The first-order valence-corrected chi connectivity index (χ1v) is 11.7. The van der Waals surface area contributed by atoms with Crippen molar-refractivity contribution >= 4 is 34.6 Å². The molecule has 0 radical (unpaired) electrons. The fourth-order valence-corrected chi connectivity index (χ4v) is 4.37. The number of rotatable bonds is 4. The van der Waals surface area contributed by atoms with Gasteiger partial charge < -0.3 is 30.1 Å². The Morgan fingerprint density at radius 1 is 0.944 bits per heavy atom. The summed E-state index contributed by atoms with van der Waals surface area (Å²) >= 11 is 0. The molecule has 0 atom stereocenters. The Bertz CT molecular complexity index is 1250. The minimum absolute atomic E-state index is 0.0386. The summed E-state index contributed by atoms with van der Waals surface area (Å²) in [6.07, 6.45) is -2.87. The van der Waals surface area contributed by atoms with Crippen LogP contribution in [0.25, 0.3) is 17.0 Å². The van der Waals surface area contributed by atoms with Gasteiger partial charge in [-0.3, -0.25) is 4.57 Å². The Hall–Kier alpha value is -3.81. The molecule has 2 aromatic heterocycles. The molecule has 36 heavy (non-hydrogen) atoms. The molecule has 192 valence electrons. The minimum Gasteiger partial charge on any atom is -0.397 e. The largest absolute Gasteiger partial charge is 0.397 e. The average Bonchev–Trinajstić information content (AvgIpc) is 3.30. The number of nitrogen functional groups attached to an aromatic ring is 1. The van der Waals surface area contributed by atoms with Crippen LogP contribution < -0.4 is 15.5 Å². The lowest BCUT2D eigenvalue weighted by atomic mass is 10.3. The first kappa shape index (κ1) is 23.9. The number of halogens is 2. The number of carbonyl (C=O) groups excluding carboxylic acids is 1. The van der Waals surface area contributed by atoms with Crippen molar-refractivity contribution in [2.45, 2.75) is 6.43 Å². The molecule has 2 amide bonds. The number of para-hydroxylation sites is 1. The molecule has 3 aromatic rings. The fraction of sp³-hybridized carbons (Fsp3) is 0.500. The molecule has 2 aliphatic heterocycles. The van der Waals surface area contributed by atoms with Crippen LogP contribution in [-0.4, -0.2) is 107 Å². The van der Waals surface area contributed by atoms with Crippen molar-refractivity contribution in [3.63, 3.8) is 0 Å². The van der Waals surface area contributed by atoms with Gasteiger partial charge in [-0.05, 0) is 12.1 Å². The van der Waals surface area contributed by atoms with E-state index in [1.54, 1.807) is 37.2 Å². The van der Waals surface area contributed by atoms with Crippen molar-refractivity contribution in [2.75, 3.05) is 82.1 Å². The zero-order chi connectivity index (χ0) is 25.4. The Morgan fingerprint density at radius 2 is 1.56 bits per heavy atom. The van der Waals surface area contributed by atoms with Gasteiger partial charge >= 0.3 is 6.03 Å². The number of nitrogens with two attached hydrogens (primary N) is 1. The van der Waals surface area contributed by atoms with Crippen LogP contribution in [0.2, 0.25) is 0 Å². The molecule has 0 aliphatic carbocycles. The summed E-state index contributed by atoms with van der Waals surface area (Å²) in [4.78, 5) is 37.5. The van der Waals surface area contributed by atoms with E-state index in [9.17, 15) is 13.6 Å². The molecule has 2 N–H and O–H groups in total. The molecule has 5 rings (SSSR count). The molecule has 14 heteroatoms. The van der Waals surface area contributed by atoms with Crippen LogP contribution in [0.15, 0.2) is 18.2 Å². The number of morpholine rings is 1. The van der Waals surface area contributed by atoms with Crippen molar-refractivity contribution in [3.8, 4) is 5.95 Å². The van der Waals surface area contributed by atoms with Gasteiger partial charge in [0.2, 0.25) is 17.8 Å². The maximum Gasteiger partial charge on any atom is 0.319 e. The molecule has 1 aromatic carbocycles. The molecule has 2 aliphatic rings. The Morgan fingerprint density at radius 3 is 2.17 bits per heavy atom. The van der Waals surface area contributed by atoms with Gasteiger partial charge in [-0.25, -0.2) is 18.6 Å². The number of nitrogens with zero attached hydrogens (tertiary/aromatic N) is 9. The zero-order valence-corrected chi connectivity index (χ0v) is 20.1. The zero-order valence-electron chi connectivity index (χ0n) is 20.1.